The van der Waals surface area contributed by atoms with Gasteiger partial charge in [0, 0.05) is 11.6 Å². The van der Waals surface area contributed by atoms with Gasteiger partial charge in [-0.2, -0.15) is 0 Å². The zero-order chi connectivity index (χ0) is 15.2. The van der Waals surface area contributed by atoms with Crippen molar-refractivity contribution in [1.82, 2.24) is 0 Å². The Labute approximate surface area is 120 Å². The second-order valence-corrected chi connectivity index (χ2v) is 4.55. The van der Waals surface area contributed by atoms with E-state index in [4.69, 9.17) is 37.6 Å². The first-order chi connectivity index (χ1) is 9.38. The molecule has 20 heavy (non-hydrogen) atoms. The number of hydrogen-bond donors (Lipinski definition) is 3. The first-order valence-electron chi connectivity index (χ1n) is 5.64. The van der Waals surface area contributed by atoms with Crippen LogP contribution in [0.2, 0.25) is 5.02 Å². The molecule has 1 aliphatic heterocycles. The third-order valence-corrected chi connectivity index (χ3v) is 2.76. The molecule has 1 amide bonds. The number of primary amides is 1. The molecule has 0 aromatic heterocycles. The first-order valence-corrected chi connectivity index (χ1v) is 6.01. The lowest BCUT2D eigenvalue weighted by Gasteiger charge is -2.38. The van der Waals surface area contributed by atoms with Gasteiger partial charge < -0.3 is 26.0 Å². The highest BCUT2D eigenvalue weighted by atomic mass is 35.5. The van der Waals surface area contributed by atoms with Gasteiger partial charge in [0.1, 0.15) is 0 Å². The predicted octanol–water partition coefficient (Wildman–Crippen LogP) is 0.848. The highest BCUT2D eigenvalue weighted by molar-refractivity contribution is 6.30. The normalized spacial score (nSPS) is 15.3. The lowest BCUT2D eigenvalue weighted by Crippen LogP contribution is -2.58. The fourth-order valence-corrected chi connectivity index (χ4v) is 1.48. The minimum Gasteiger partial charge on any atom is -0.478 e. The van der Waals surface area contributed by atoms with Gasteiger partial charge in [-0.05, 0) is 24.3 Å². The number of ether oxygens (including phenoxy) is 2. The summed E-state index contributed by atoms with van der Waals surface area (Å²) in [5.74, 6) is -0.934. The molecule has 0 unspecified atom stereocenters. The number of rotatable bonds is 3. The van der Waals surface area contributed by atoms with Gasteiger partial charge in [-0.15, -0.1) is 0 Å². The van der Waals surface area contributed by atoms with E-state index in [2.05, 4.69) is 0 Å². The second-order valence-electron chi connectivity index (χ2n) is 4.11. The van der Waals surface area contributed by atoms with Gasteiger partial charge >= 0.3 is 12.1 Å². The monoisotopic (exact) mass is 302 g/mol. The van der Waals surface area contributed by atoms with Crippen LogP contribution in [0.25, 0.3) is 0 Å². The summed E-state index contributed by atoms with van der Waals surface area (Å²) >= 11 is 5.52. The summed E-state index contributed by atoms with van der Waals surface area (Å²) in [6.07, 6.45) is -0.797. The minimum atomic E-state index is -0.934. The SMILES string of the molecule is NCC1(OC(N)=O)COC1.O=C(O)c1ccc(Cl)cc1. The van der Waals surface area contributed by atoms with E-state index in [9.17, 15) is 9.59 Å². The Bertz CT molecular complexity index is 468. The lowest BCUT2D eigenvalue weighted by molar-refractivity contribution is -0.170. The summed E-state index contributed by atoms with van der Waals surface area (Å²) < 4.78 is 9.53. The summed E-state index contributed by atoms with van der Waals surface area (Å²) in [5.41, 5.74) is 9.72. The van der Waals surface area contributed by atoms with E-state index in [1.54, 1.807) is 12.1 Å². The molecule has 1 aliphatic rings. The van der Waals surface area contributed by atoms with E-state index in [0.29, 0.717) is 18.2 Å². The van der Waals surface area contributed by atoms with Crippen LogP contribution in [0.3, 0.4) is 0 Å². The van der Waals surface area contributed by atoms with E-state index in [0.717, 1.165) is 0 Å². The molecule has 0 bridgehead atoms. The van der Waals surface area contributed by atoms with E-state index in [1.807, 2.05) is 0 Å². The smallest absolute Gasteiger partial charge is 0.405 e. The average molecular weight is 303 g/mol. The number of carbonyl (C=O) groups is 2. The number of aromatic carboxylic acids is 1. The highest BCUT2D eigenvalue weighted by Gasteiger charge is 2.40. The molecule has 1 aromatic carbocycles. The molecule has 1 saturated heterocycles. The molecular formula is C12H15ClN2O5. The summed E-state index contributed by atoms with van der Waals surface area (Å²) in [4.78, 5) is 20.5. The van der Waals surface area contributed by atoms with Gasteiger partial charge in [0.15, 0.2) is 5.60 Å². The van der Waals surface area contributed by atoms with E-state index in [-0.39, 0.29) is 12.1 Å². The summed E-state index contributed by atoms with van der Waals surface area (Å²) in [5, 5.41) is 8.98. The Hall–Kier alpha value is -1.83. The maximum atomic E-state index is 10.3. The lowest BCUT2D eigenvalue weighted by atomic mass is 10.0. The van der Waals surface area contributed by atoms with Crippen molar-refractivity contribution in [1.29, 1.82) is 0 Å². The van der Waals surface area contributed by atoms with Gasteiger partial charge in [-0.3, -0.25) is 0 Å². The Morgan fingerprint density at radius 2 is 1.90 bits per heavy atom. The maximum absolute atomic E-state index is 10.3. The molecule has 0 spiro atoms. The molecule has 7 nitrogen and oxygen atoms in total. The van der Waals surface area contributed by atoms with E-state index in [1.165, 1.54) is 12.1 Å². The third-order valence-electron chi connectivity index (χ3n) is 2.51. The summed E-state index contributed by atoms with van der Waals surface area (Å²) in [7, 11) is 0. The van der Waals surface area contributed by atoms with E-state index < -0.39 is 17.7 Å². The number of hydrogen-bond acceptors (Lipinski definition) is 5. The zero-order valence-electron chi connectivity index (χ0n) is 10.5. The fraction of sp³-hybridized carbons (Fsp3) is 0.333. The van der Waals surface area contributed by atoms with Crippen molar-refractivity contribution in [2.75, 3.05) is 19.8 Å². The van der Waals surface area contributed by atoms with Crippen molar-refractivity contribution in [2.45, 2.75) is 5.60 Å². The van der Waals surface area contributed by atoms with Crippen molar-refractivity contribution in [2.24, 2.45) is 11.5 Å². The van der Waals surface area contributed by atoms with Crippen LogP contribution in [0.5, 0.6) is 0 Å². The summed E-state index contributed by atoms with van der Waals surface area (Å²) in [6, 6.07) is 6.02. The maximum Gasteiger partial charge on any atom is 0.405 e. The Morgan fingerprint density at radius 3 is 2.15 bits per heavy atom. The number of nitrogens with two attached hydrogens (primary N) is 2. The van der Waals surface area contributed by atoms with Gasteiger partial charge in [0.05, 0.1) is 18.8 Å². The van der Waals surface area contributed by atoms with Crippen LogP contribution in [-0.2, 0) is 9.47 Å². The number of carboxylic acids is 1. The fourth-order valence-electron chi connectivity index (χ4n) is 1.35. The Morgan fingerprint density at radius 1 is 1.35 bits per heavy atom. The number of carbonyl (C=O) groups excluding carboxylic acids is 1. The molecule has 1 fully saturated rings. The molecule has 5 N–H and O–H groups in total. The molecular weight excluding hydrogens is 288 g/mol. The number of halogens is 1. The number of benzene rings is 1. The minimum absolute atomic E-state index is 0.254. The molecule has 1 heterocycles. The van der Waals surface area contributed by atoms with Crippen LogP contribution in [0.15, 0.2) is 24.3 Å². The topological polar surface area (TPSA) is 125 Å². The van der Waals surface area contributed by atoms with Crippen molar-refractivity contribution in [3.8, 4) is 0 Å². The van der Waals surface area contributed by atoms with Crippen LogP contribution in [0.1, 0.15) is 10.4 Å². The van der Waals surface area contributed by atoms with Gasteiger partial charge in [0.2, 0.25) is 0 Å². The Kier molecular flexibility index (Phi) is 5.75. The van der Waals surface area contributed by atoms with Crippen molar-refractivity contribution < 1.29 is 24.2 Å². The first kappa shape index (κ1) is 16.2. The molecule has 0 radical (unpaired) electrons. The quantitative estimate of drug-likeness (QED) is 0.760. The molecule has 110 valence electrons. The highest BCUT2D eigenvalue weighted by Crippen LogP contribution is 2.19. The number of amides is 1. The second kappa shape index (κ2) is 7.09. The van der Waals surface area contributed by atoms with Gasteiger partial charge in [-0.25, -0.2) is 9.59 Å². The molecule has 1 aromatic rings. The van der Waals surface area contributed by atoms with Crippen LogP contribution in [-0.4, -0.2) is 42.5 Å². The van der Waals surface area contributed by atoms with Crippen molar-refractivity contribution in [3.05, 3.63) is 34.9 Å². The standard InChI is InChI=1S/C7H5ClO2.C5H10N2O3/c8-6-3-1-5(2-4-6)7(9)10;6-1-5(2-9-3-5)10-4(7)8/h1-4H,(H,9,10);1-3,6H2,(H2,7,8). The zero-order valence-corrected chi connectivity index (χ0v) is 11.3. The molecule has 0 atom stereocenters. The van der Waals surface area contributed by atoms with Crippen LogP contribution in [0.4, 0.5) is 4.79 Å². The van der Waals surface area contributed by atoms with Gasteiger partial charge in [-0.1, -0.05) is 11.6 Å². The Balaban J connectivity index is 0.000000200. The largest absolute Gasteiger partial charge is 0.478 e. The molecule has 2 rings (SSSR count). The van der Waals surface area contributed by atoms with Crippen molar-refractivity contribution >= 4 is 23.7 Å². The van der Waals surface area contributed by atoms with Crippen molar-refractivity contribution in [3.63, 3.8) is 0 Å². The average Bonchev–Trinajstić information content (AvgIpc) is 2.35. The third kappa shape index (κ3) is 4.69. The molecule has 0 saturated carbocycles. The van der Waals surface area contributed by atoms with Crippen LogP contribution in [0, 0.1) is 0 Å². The van der Waals surface area contributed by atoms with Gasteiger partial charge in [0.25, 0.3) is 0 Å². The predicted molar refractivity (Wildman–Crippen MR) is 71.7 cm³/mol. The summed E-state index contributed by atoms with van der Waals surface area (Å²) in [6.45, 7) is 0.967. The van der Waals surface area contributed by atoms with Crippen LogP contribution < -0.4 is 11.5 Å². The molecule has 0 aliphatic carbocycles. The van der Waals surface area contributed by atoms with Crippen LogP contribution >= 0.6 is 11.6 Å². The molecule has 8 heteroatoms. The van der Waals surface area contributed by atoms with E-state index >= 15 is 0 Å². The number of carboxylic acid groups (broad SMARTS) is 1.